The van der Waals surface area contributed by atoms with Crippen LogP contribution in [0.15, 0.2) is 41.5 Å². The molecule has 0 unspecified atom stereocenters. The second kappa shape index (κ2) is 5.76. The van der Waals surface area contributed by atoms with Crippen LogP contribution in [-0.2, 0) is 4.74 Å². The van der Waals surface area contributed by atoms with Crippen molar-refractivity contribution < 1.29 is 9.53 Å². The zero-order valence-corrected chi connectivity index (χ0v) is 14.4. The van der Waals surface area contributed by atoms with Gasteiger partial charge in [0.25, 0.3) is 5.56 Å². The van der Waals surface area contributed by atoms with Crippen LogP contribution in [0.25, 0.3) is 22.4 Å². The van der Waals surface area contributed by atoms with Gasteiger partial charge in [0.15, 0.2) is 11.2 Å². The molecule has 3 heterocycles. The topological polar surface area (TPSA) is 91.4 Å². The van der Waals surface area contributed by atoms with Crippen molar-refractivity contribution in [2.75, 3.05) is 7.11 Å². The Labute approximate surface area is 147 Å². The number of carbonyl (C=O) groups is 1. The van der Waals surface area contributed by atoms with Crippen molar-refractivity contribution in [3.63, 3.8) is 0 Å². The maximum absolute atomic E-state index is 12.9. The number of methoxy groups -OCH3 is 1. The number of pyridine rings is 1. The molecule has 8 heteroatoms. The summed E-state index contributed by atoms with van der Waals surface area (Å²) >= 11 is 0. The van der Waals surface area contributed by atoms with Gasteiger partial charge in [-0.1, -0.05) is 6.07 Å². The molecule has 0 saturated heterocycles. The van der Waals surface area contributed by atoms with Crippen LogP contribution in [0, 0.1) is 13.8 Å². The molecule has 0 spiro atoms. The van der Waals surface area contributed by atoms with Gasteiger partial charge in [-0.2, -0.15) is 5.10 Å². The third-order valence-corrected chi connectivity index (χ3v) is 4.15. The molecule has 0 atom stereocenters. The number of esters is 1. The highest BCUT2D eigenvalue weighted by Gasteiger charge is 2.18. The number of carbonyl (C=O) groups excluding carboxylic acids is 1. The van der Waals surface area contributed by atoms with Crippen LogP contribution in [0.3, 0.4) is 0 Å². The Morgan fingerprint density at radius 2 is 1.85 bits per heavy atom. The fraction of sp³-hybridized carbons (Fsp3) is 0.167. The molecule has 0 aliphatic carbocycles. The van der Waals surface area contributed by atoms with Gasteiger partial charge in [0.2, 0.25) is 0 Å². The molecule has 0 saturated carbocycles. The normalized spacial score (nSPS) is 11.2. The molecule has 0 aliphatic heterocycles. The van der Waals surface area contributed by atoms with Gasteiger partial charge in [-0.15, -0.1) is 10.2 Å². The predicted octanol–water partition coefficient (Wildman–Crippen LogP) is 1.83. The third-order valence-electron chi connectivity index (χ3n) is 4.15. The molecule has 0 fully saturated rings. The Morgan fingerprint density at radius 3 is 2.54 bits per heavy atom. The lowest BCUT2D eigenvalue weighted by Gasteiger charge is -2.09. The summed E-state index contributed by atoms with van der Waals surface area (Å²) in [6.07, 6.45) is 3.02. The Bertz CT molecular complexity index is 1220. The summed E-state index contributed by atoms with van der Waals surface area (Å²) in [6.45, 7) is 3.95. The summed E-state index contributed by atoms with van der Waals surface area (Å²) in [5.74, 6) is -0.558. The minimum absolute atomic E-state index is 0.165. The van der Waals surface area contributed by atoms with Crippen LogP contribution in [0.5, 0.6) is 0 Å². The van der Waals surface area contributed by atoms with E-state index in [0.717, 1.165) is 16.8 Å². The number of aryl methyl sites for hydroxylation is 2. The summed E-state index contributed by atoms with van der Waals surface area (Å²) in [5, 5.41) is 12.2. The Morgan fingerprint density at radius 1 is 1.12 bits per heavy atom. The minimum Gasteiger partial charge on any atom is -0.465 e. The summed E-state index contributed by atoms with van der Waals surface area (Å²) < 4.78 is 7.65. The third kappa shape index (κ3) is 2.34. The van der Waals surface area contributed by atoms with Gasteiger partial charge >= 0.3 is 5.97 Å². The number of benzene rings is 1. The molecule has 26 heavy (non-hydrogen) atoms. The predicted molar refractivity (Wildman–Crippen MR) is 94.7 cm³/mol. The molecule has 8 nitrogen and oxygen atoms in total. The van der Waals surface area contributed by atoms with Crippen molar-refractivity contribution in [3.05, 3.63) is 63.7 Å². The zero-order valence-electron chi connectivity index (χ0n) is 14.4. The molecular formula is C18H15N5O3. The number of nitrogens with zero attached hydrogens (tertiary/aromatic N) is 5. The first-order valence-corrected chi connectivity index (χ1v) is 7.92. The van der Waals surface area contributed by atoms with E-state index in [1.54, 1.807) is 12.3 Å². The molecule has 0 N–H and O–H groups in total. The Balaban J connectivity index is 1.98. The van der Waals surface area contributed by atoms with E-state index >= 15 is 0 Å². The number of aromatic nitrogens is 5. The highest BCUT2D eigenvalue weighted by molar-refractivity contribution is 5.96. The summed E-state index contributed by atoms with van der Waals surface area (Å²) in [4.78, 5) is 24.7. The van der Waals surface area contributed by atoms with Gasteiger partial charge in [-0.05, 0) is 43.2 Å². The van der Waals surface area contributed by atoms with Crippen LogP contribution >= 0.6 is 0 Å². The zero-order chi connectivity index (χ0) is 18.4. The maximum Gasteiger partial charge on any atom is 0.343 e. The first-order chi connectivity index (χ1) is 12.5. The van der Waals surface area contributed by atoms with Crippen molar-refractivity contribution in [1.29, 1.82) is 0 Å². The first-order valence-electron chi connectivity index (χ1n) is 7.92. The monoisotopic (exact) mass is 349 g/mol. The molecule has 0 aliphatic rings. The number of hydrogen-bond donors (Lipinski definition) is 0. The Kier molecular flexibility index (Phi) is 3.54. The van der Waals surface area contributed by atoms with Gasteiger partial charge in [0.05, 0.1) is 13.3 Å². The van der Waals surface area contributed by atoms with E-state index in [0.29, 0.717) is 5.52 Å². The highest BCUT2D eigenvalue weighted by Crippen LogP contribution is 2.16. The van der Waals surface area contributed by atoms with Gasteiger partial charge in [0.1, 0.15) is 11.1 Å². The lowest BCUT2D eigenvalue weighted by Crippen LogP contribution is -2.20. The number of ether oxygens (including phenoxy) is 1. The molecule has 0 amide bonds. The van der Waals surface area contributed by atoms with Crippen molar-refractivity contribution in [2.45, 2.75) is 13.8 Å². The van der Waals surface area contributed by atoms with Crippen molar-refractivity contribution in [3.8, 4) is 5.69 Å². The average molecular weight is 349 g/mol. The number of rotatable bonds is 2. The molecule has 4 rings (SSSR count). The fourth-order valence-corrected chi connectivity index (χ4v) is 3.04. The van der Waals surface area contributed by atoms with E-state index in [-0.39, 0.29) is 22.3 Å². The van der Waals surface area contributed by atoms with Crippen molar-refractivity contribution >= 4 is 22.6 Å². The lowest BCUT2D eigenvalue weighted by atomic mass is 10.1. The van der Waals surface area contributed by atoms with Gasteiger partial charge in [-0.3, -0.25) is 9.36 Å². The van der Waals surface area contributed by atoms with Crippen LogP contribution in [0.2, 0.25) is 0 Å². The van der Waals surface area contributed by atoms with Crippen molar-refractivity contribution in [2.24, 2.45) is 0 Å². The SMILES string of the molecule is COC(=O)c1cnn2c1nnc1c(=O)n(-c3cc(C)cc(C)c3)ccc12. The van der Waals surface area contributed by atoms with Crippen molar-refractivity contribution in [1.82, 2.24) is 24.4 Å². The first kappa shape index (κ1) is 15.9. The summed E-state index contributed by atoms with van der Waals surface area (Å²) in [7, 11) is 1.28. The molecular weight excluding hydrogens is 334 g/mol. The smallest absolute Gasteiger partial charge is 0.343 e. The van der Waals surface area contributed by atoms with E-state index in [2.05, 4.69) is 15.3 Å². The minimum atomic E-state index is -0.558. The molecule has 4 aromatic rings. The highest BCUT2D eigenvalue weighted by atomic mass is 16.5. The molecule has 3 aromatic heterocycles. The van der Waals surface area contributed by atoms with E-state index in [1.165, 1.54) is 22.4 Å². The van der Waals surface area contributed by atoms with E-state index in [1.807, 2.05) is 32.0 Å². The average Bonchev–Trinajstić information content (AvgIpc) is 3.05. The van der Waals surface area contributed by atoms with Crippen LogP contribution in [-0.4, -0.2) is 37.5 Å². The molecule has 0 radical (unpaired) electrons. The quantitative estimate of drug-likeness (QED) is 0.513. The summed E-state index contributed by atoms with van der Waals surface area (Å²) in [6, 6.07) is 7.62. The largest absolute Gasteiger partial charge is 0.465 e. The number of fused-ring (bicyclic) bond motifs is 3. The number of hydrogen-bond acceptors (Lipinski definition) is 6. The molecule has 0 bridgehead atoms. The van der Waals surface area contributed by atoms with E-state index in [4.69, 9.17) is 4.74 Å². The molecule has 1 aromatic carbocycles. The van der Waals surface area contributed by atoms with Gasteiger partial charge in [-0.25, -0.2) is 9.31 Å². The standard InChI is InChI=1S/C18H15N5O3/c1-10-6-11(2)8-12(7-10)22-5-4-14-15(17(22)24)20-21-16-13(18(25)26-3)9-19-23(14)16/h4-9H,1-3H3. The van der Waals surface area contributed by atoms with Crippen LogP contribution in [0.1, 0.15) is 21.5 Å². The van der Waals surface area contributed by atoms with E-state index in [9.17, 15) is 9.59 Å². The van der Waals surface area contributed by atoms with Crippen LogP contribution < -0.4 is 5.56 Å². The molecule has 130 valence electrons. The van der Waals surface area contributed by atoms with Gasteiger partial charge < -0.3 is 4.74 Å². The second-order valence-electron chi connectivity index (χ2n) is 6.06. The maximum atomic E-state index is 12.9. The van der Waals surface area contributed by atoms with Gasteiger partial charge in [0, 0.05) is 11.9 Å². The lowest BCUT2D eigenvalue weighted by molar-refractivity contribution is 0.0602. The Hall–Kier alpha value is -3.55. The van der Waals surface area contributed by atoms with Crippen LogP contribution in [0.4, 0.5) is 0 Å². The van der Waals surface area contributed by atoms with E-state index < -0.39 is 5.97 Å². The fourth-order valence-electron chi connectivity index (χ4n) is 3.04. The second-order valence-corrected chi connectivity index (χ2v) is 6.06. The summed E-state index contributed by atoms with van der Waals surface area (Å²) in [5.41, 5.74) is 3.64.